The first-order valence-electron chi connectivity index (χ1n) is 8.54. The van der Waals surface area contributed by atoms with Crippen molar-refractivity contribution in [2.75, 3.05) is 19.0 Å². The Morgan fingerprint density at radius 3 is 2.72 bits per heavy atom. The van der Waals surface area contributed by atoms with E-state index in [1.807, 2.05) is 0 Å². The van der Waals surface area contributed by atoms with Gasteiger partial charge in [-0.15, -0.1) is 0 Å². The van der Waals surface area contributed by atoms with E-state index < -0.39 is 17.6 Å². The molecule has 1 aliphatic heterocycles. The molecule has 1 saturated carbocycles. The summed E-state index contributed by atoms with van der Waals surface area (Å²) >= 11 is 0. The summed E-state index contributed by atoms with van der Waals surface area (Å²) in [6.45, 7) is 0.515. The number of ether oxygens (including phenoxy) is 1. The molecular weight excluding hydrogens is 322 g/mol. The molecule has 3 N–H and O–H groups in total. The lowest BCUT2D eigenvalue weighted by molar-refractivity contribution is -0.147. The molecule has 134 valence electrons. The summed E-state index contributed by atoms with van der Waals surface area (Å²) in [5.41, 5.74) is 6.06. The van der Waals surface area contributed by atoms with Gasteiger partial charge in [-0.25, -0.2) is 4.79 Å². The summed E-state index contributed by atoms with van der Waals surface area (Å²) < 4.78 is 4.82. The Balaban J connectivity index is 1.76. The van der Waals surface area contributed by atoms with Gasteiger partial charge in [0, 0.05) is 17.8 Å². The van der Waals surface area contributed by atoms with Crippen LogP contribution in [0.5, 0.6) is 0 Å². The average molecular weight is 345 g/mol. The number of piperidine rings is 1. The Morgan fingerprint density at radius 1 is 1.28 bits per heavy atom. The molecule has 1 aromatic rings. The maximum Gasteiger partial charge on any atom is 0.328 e. The van der Waals surface area contributed by atoms with E-state index in [4.69, 9.17) is 10.5 Å². The third-order valence-electron chi connectivity index (χ3n) is 4.85. The standard InChI is InChI=1S/C18H23N3O4/c1-25-16(23)14-7-2-3-10-21(14)15(22)12-5-4-6-13(11-12)20-17(24)18(19)8-9-18/h4-6,11,14H,2-3,7-10,19H2,1H3,(H,20,24). The number of esters is 1. The van der Waals surface area contributed by atoms with Gasteiger partial charge in [0.15, 0.2) is 0 Å². The van der Waals surface area contributed by atoms with E-state index in [1.165, 1.54) is 7.11 Å². The van der Waals surface area contributed by atoms with Gasteiger partial charge < -0.3 is 20.7 Å². The number of hydrogen-bond acceptors (Lipinski definition) is 5. The molecule has 1 unspecified atom stereocenters. The molecule has 2 aliphatic rings. The van der Waals surface area contributed by atoms with Crippen molar-refractivity contribution in [2.45, 2.75) is 43.7 Å². The Labute approximate surface area is 146 Å². The zero-order chi connectivity index (χ0) is 18.0. The number of rotatable bonds is 4. The number of anilines is 1. The number of benzene rings is 1. The molecule has 0 bridgehead atoms. The predicted molar refractivity (Wildman–Crippen MR) is 91.9 cm³/mol. The highest BCUT2D eigenvalue weighted by Gasteiger charge is 2.46. The number of amides is 2. The van der Waals surface area contributed by atoms with Crippen LogP contribution in [0.15, 0.2) is 24.3 Å². The fraction of sp³-hybridized carbons (Fsp3) is 0.500. The summed E-state index contributed by atoms with van der Waals surface area (Å²) in [5.74, 6) is -0.862. The van der Waals surface area contributed by atoms with Gasteiger partial charge in [-0.3, -0.25) is 9.59 Å². The minimum Gasteiger partial charge on any atom is -0.467 e. The van der Waals surface area contributed by atoms with Crippen molar-refractivity contribution in [3.8, 4) is 0 Å². The zero-order valence-electron chi connectivity index (χ0n) is 14.3. The molecule has 7 nitrogen and oxygen atoms in total. The smallest absolute Gasteiger partial charge is 0.328 e. The number of nitrogens with one attached hydrogen (secondary N) is 1. The molecule has 0 spiro atoms. The van der Waals surface area contributed by atoms with Crippen LogP contribution in [0.1, 0.15) is 42.5 Å². The van der Waals surface area contributed by atoms with Gasteiger partial charge in [0.1, 0.15) is 6.04 Å². The highest BCUT2D eigenvalue weighted by atomic mass is 16.5. The zero-order valence-corrected chi connectivity index (χ0v) is 14.3. The van der Waals surface area contributed by atoms with Gasteiger partial charge in [-0.05, 0) is 50.3 Å². The second-order valence-electron chi connectivity index (χ2n) is 6.72. The lowest BCUT2D eigenvalue weighted by Crippen LogP contribution is -2.48. The van der Waals surface area contributed by atoms with Crippen molar-refractivity contribution in [3.05, 3.63) is 29.8 Å². The lowest BCUT2D eigenvalue weighted by Gasteiger charge is -2.33. The third kappa shape index (κ3) is 3.66. The Hall–Kier alpha value is -2.41. The predicted octanol–water partition coefficient (Wildman–Crippen LogP) is 1.28. The monoisotopic (exact) mass is 345 g/mol. The lowest BCUT2D eigenvalue weighted by atomic mass is 10.0. The second-order valence-corrected chi connectivity index (χ2v) is 6.72. The number of carbonyl (C=O) groups excluding carboxylic acids is 3. The van der Waals surface area contributed by atoms with Crippen molar-refractivity contribution in [1.29, 1.82) is 0 Å². The van der Waals surface area contributed by atoms with Crippen LogP contribution in [0, 0.1) is 0 Å². The fourth-order valence-electron chi connectivity index (χ4n) is 3.07. The minimum absolute atomic E-state index is 0.234. The van der Waals surface area contributed by atoms with E-state index in [-0.39, 0.29) is 11.8 Å². The van der Waals surface area contributed by atoms with Gasteiger partial charge in [0.2, 0.25) is 5.91 Å². The van der Waals surface area contributed by atoms with Crippen LogP contribution in [-0.4, -0.2) is 47.9 Å². The van der Waals surface area contributed by atoms with Crippen molar-refractivity contribution in [1.82, 2.24) is 4.90 Å². The summed E-state index contributed by atoms with van der Waals surface area (Å²) in [6, 6.07) is 6.17. The highest BCUT2D eigenvalue weighted by Crippen LogP contribution is 2.33. The quantitative estimate of drug-likeness (QED) is 0.801. The topological polar surface area (TPSA) is 102 Å². The van der Waals surface area contributed by atoms with E-state index in [0.717, 1.165) is 12.8 Å². The van der Waals surface area contributed by atoms with Crippen LogP contribution >= 0.6 is 0 Å². The molecular formula is C18H23N3O4. The molecule has 1 atom stereocenters. The van der Waals surface area contributed by atoms with Crippen LogP contribution in [0.25, 0.3) is 0 Å². The first-order valence-corrected chi connectivity index (χ1v) is 8.54. The highest BCUT2D eigenvalue weighted by molar-refractivity contribution is 6.02. The van der Waals surface area contributed by atoms with Gasteiger partial charge in [-0.2, -0.15) is 0 Å². The SMILES string of the molecule is COC(=O)C1CCCCN1C(=O)c1cccc(NC(=O)C2(N)CC2)c1. The molecule has 25 heavy (non-hydrogen) atoms. The number of carbonyl (C=O) groups is 3. The van der Waals surface area contributed by atoms with Crippen LogP contribution in [-0.2, 0) is 14.3 Å². The van der Waals surface area contributed by atoms with Gasteiger partial charge in [0.25, 0.3) is 5.91 Å². The molecule has 1 aliphatic carbocycles. The van der Waals surface area contributed by atoms with E-state index >= 15 is 0 Å². The maximum atomic E-state index is 12.9. The second kappa shape index (κ2) is 6.84. The fourth-order valence-corrected chi connectivity index (χ4v) is 3.07. The van der Waals surface area contributed by atoms with Crippen molar-refractivity contribution >= 4 is 23.5 Å². The first kappa shape index (κ1) is 17.4. The van der Waals surface area contributed by atoms with Crippen molar-refractivity contribution in [3.63, 3.8) is 0 Å². The van der Waals surface area contributed by atoms with E-state index in [1.54, 1.807) is 29.2 Å². The Bertz CT molecular complexity index is 699. The van der Waals surface area contributed by atoms with Crippen molar-refractivity contribution < 1.29 is 19.1 Å². The van der Waals surface area contributed by atoms with Crippen LogP contribution in [0.2, 0.25) is 0 Å². The number of likely N-dealkylation sites (tertiary alicyclic amines) is 1. The maximum absolute atomic E-state index is 12.9. The van der Waals surface area contributed by atoms with Crippen LogP contribution < -0.4 is 11.1 Å². The number of nitrogens with zero attached hydrogens (tertiary/aromatic N) is 1. The normalized spacial score (nSPS) is 21.4. The summed E-state index contributed by atoms with van der Waals surface area (Å²) in [4.78, 5) is 38.4. The Kier molecular flexibility index (Phi) is 4.76. The average Bonchev–Trinajstić information content (AvgIpc) is 3.39. The molecule has 1 aromatic carbocycles. The number of hydrogen-bond donors (Lipinski definition) is 2. The number of nitrogens with two attached hydrogens (primary N) is 1. The van der Waals surface area contributed by atoms with Gasteiger partial charge >= 0.3 is 5.97 Å². The van der Waals surface area contributed by atoms with Crippen molar-refractivity contribution in [2.24, 2.45) is 5.73 Å². The minimum atomic E-state index is -0.775. The van der Waals surface area contributed by atoms with Crippen LogP contribution in [0.3, 0.4) is 0 Å². The molecule has 7 heteroatoms. The van der Waals surface area contributed by atoms with Crippen LogP contribution in [0.4, 0.5) is 5.69 Å². The molecule has 0 radical (unpaired) electrons. The summed E-state index contributed by atoms with van der Waals surface area (Å²) in [6.07, 6.45) is 3.69. The molecule has 1 saturated heterocycles. The van der Waals surface area contributed by atoms with Gasteiger partial charge in [0.05, 0.1) is 12.6 Å². The molecule has 2 fully saturated rings. The molecule has 3 rings (SSSR count). The molecule has 0 aromatic heterocycles. The van der Waals surface area contributed by atoms with E-state index in [0.29, 0.717) is 37.1 Å². The van der Waals surface area contributed by atoms with E-state index in [9.17, 15) is 14.4 Å². The first-order chi connectivity index (χ1) is 11.9. The molecule has 1 heterocycles. The number of methoxy groups -OCH3 is 1. The van der Waals surface area contributed by atoms with E-state index in [2.05, 4.69) is 5.32 Å². The summed E-state index contributed by atoms with van der Waals surface area (Å²) in [5, 5.41) is 2.76. The summed E-state index contributed by atoms with van der Waals surface area (Å²) in [7, 11) is 1.33. The third-order valence-corrected chi connectivity index (χ3v) is 4.85. The Morgan fingerprint density at radius 2 is 2.04 bits per heavy atom. The van der Waals surface area contributed by atoms with Gasteiger partial charge in [-0.1, -0.05) is 6.07 Å². The molecule has 2 amide bonds. The largest absolute Gasteiger partial charge is 0.467 e.